The van der Waals surface area contributed by atoms with E-state index in [2.05, 4.69) is 5.32 Å². The summed E-state index contributed by atoms with van der Waals surface area (Å²) in [7, 11) is 5.13. The van der Waals surface area contributed by atoms with Gasteiger partial charge in [0.25, 0.3) is 5.91 Å². The van der Waals surface area contributed by atoms with Crippen LogP contribution in [0.3, 0.4) is 0 Å². The van der Waals surface area contributed by atoms with E-state index in [-0.39, 0.29) is 30.3 Å². The number of carbonyl (C=O) groups excluding carboxylic acids is 3. The second-order valence-electron chi connectivity index (χ2n) is 7.49. The van der Waals surface area contributed by atoms with Gasteiger partial charge in [-0.3, -0.25) is 19.3 Å². The summed E-state index contributed by atoms with van der Waals surface area (Å²) < 4.78 is 0. The van der Waals surface area contributed by atoms with Crippen molar-refractivity contribution in [3.05, 3.63) is 59.1 Å². The summed E-state index contributed by atoms with van der Waals surface area (Å²) in [6.45, 7) is 0.631. The van der Waals surface area contributed by atoms with Crippen molar-refractivity contribution in [2.24, 2.45) is 0 Å². The number of hydrogen-bond donors (Lipinski definition) is 1. The van der Waals surface area contributed by atoms with Crippen LogP contribution < -0.4 is 10.2 Å². The average Bonchev–Trinajstić information content (AvgIpc) is 3.09. The Hall–Kier alpha value is -2.90. The zero-order valence-corrected chi connectivity index (χ0v) is 18.0. The molecular formula is C22H25ClN4O3. The summed E-state index contributed by atoms with van der Waals surface area (Å²) in [5, 5.41) is 3.34. The number of carbonyl (C=O) groups is 3. The topological polar surface area (TPSA) is 73.0 Å². The Kier molecular flexibility index (Phi) is 6.74. The van der Waals surface area contributed by atoms with Gasteiger partial charge in [0, 0.05) is 31.9 Å². The molecule has 1 saturated heterocycles. The first-order chi connectivity index (χ1) is 14.3. The lowest BCUT2D eigenvalue weighted by atomic mass is 10.2. The molecule has 0 radical (unpaired) electrons. The van der Waals surface area contributed by atoms with E-state index in [0.717, 1.165) is 0 Å². The second kappa shape index (κ2) is 9.28. The molecule has 1 heterocycles. The summed E-state index contributed by atoms with van der Waals surface area (Å²) in [5.41, 5.74) is 1.84. The lowest BCUT2D eigenvalue weighted by molar-refractivity contribution is -0.123. The fourth-order valence-electron chi connectivity index (χ4n) is 3.48. The fourth-order valence-corrected chi connectivity index (χ4v) is 3.71. The van der Waals surface area contributed by atoms with E-state index in [1.165, 1.54) is 4.90 Å². The minimum atomic E-state index is -0.382. The van der Waals surface area contributed by atoms with Gasteiger partial charge in [0.1, 0.15) is 0 Å². The minimum absolute atomic E-state index is 0.0649. The first kappa shape index (κ1) is 21.8. The second-order valence-corrected chi connectivity index (χ2v) is 7.89. The highest BCUT2D eigenvalue weighted by atomic mass is 35.5. The third kappa shape index (κ3) is 4.80. The Labute approximate surface area is 181 Å². The van der Waals surface area contributed by atoms with E-state index in [1.54, 1.807) is 61.3 Å². The van der Waals surface area contributed by atoms with Crippen LogP contribution >= 0.6 is 11.6 Å². The molecule has 1 fully saturated rings. The Morgan fingerprint density at radius 1 is 1.10 bits per heavy atom. The van der Waals surface area contributed by atoms with Crippen molar-refractivity contribution in [3.63, 3.8) is 0 Å². The molecule has 1 atom stereocenters. The van der Waals surface area contributed by atoms with Gasteiger partial charge in [0.15, 0.2) is 0 Å². The number of benzene rings is 2. The summed E-state index contributed by atoms with van der Waals surface area (Å²) in [6, 6.07) is 13.6. The van der Waals surface area contributed by atoms with Crippen molar-refractivity contribution in [1.82, 2.24) is 9.80 Å². The molecule has 0 aliphatic carbocycles. The number of hydrogen-bond acceptors (Lipinski definition) is 4. The van der Waals surface area contributed by atoms with Gasteiger partial charge < -0.3 is 15.1 Å². The van der Waals surface area contributed by atoms with Crippen molar-refractivity contribution in [2.45, 2.75) is 12.5 Å². The van der Waals surface area contributed by atoms with Crippen molar-refractivity contribution in [1.29, 1.82) is 0 Å². The fraction of sp³-hybridized carbons (Fsp3) is 0.318. The Bertz CT molecular complexity index is 946. The van der Waals surface area contributed by atoms with Gasteiger partial charge >= 0.3 is 0 Å². The van der Waals surface area contributed by atoms with Crippen molar-refractivity contribution in [2.75, 3.05) is 44.4 Å². The molecule has 1 N–H and O–H groups in total. The van der Waals surface area contributed by atoms with Crippen molar-refractivity contribution < 1.29 is 14.4 Å². The molecule has 2 aromatic rings. The number of halogens is 1. The summed E-state index contributed by atoms with van der Waals surface area (Å²) in [6.07, 6.45) is 0.620. The zero-order valence-electron chi connectivity index (χ0n) is 17.3. The van der Waals surface area contributed by atoms with E-state index in [0.29, 0.717) is 34.9 Å². The molecule has 2 aromatic carbocycles. The lowest BCUT2D eigenvalue weighted by Crippen LogP contribution is -2.43. The van der Waals surface area contributed by atoms with Crippen LogP contribution in [0.5, 0.6) is 0 Å². The number of nitrogens with zero attached hydrogens (tertiary/aromatic N) is 3. The van der Waals surface area contributed by atoms with E-state index < -0.39 is 0 Å². The molecule has 3 amide bonds. The van der Waals surface area contributed by atoms with Crippen LogP contribution in [0, 0.1) is 0 Å². The Morgan fingerprint density at radius 2 is 1.77 bits per heavy atom. The van der Waals surface area contributed by atoms with Gasteiger partial charge in [-0.05, 0) is 49.9 Å². The first-order valence-corrected chi connectivity index (χ1v) is 10.0. The number of anilines is 2. The summed E-state index contributed by atoms with van der Waals surface area (Å²) >= 11 is 6.22. The first-order valence-electron chi connectivity index (χ1n) is 9.65. The number of para-hydroxylation sites is 1. The molecule has 1 aliphatic rings. The van der Waals surface area contributed by atoms with Crippen LogP contribution in [0.25, 0.3) is 0 Å². The predicted molar refractivity (Wildman–Crippen MR) is 118 cm³/mol. The molecule has 0 aromatic heterocycles. The summed E-state index contributed by atoms with van der Waals surface area (Å²) in [5.74, 6) is -0.395. The average molecular weight is 429 g/mol. The summed E-state index contributed by atoms with van der Waals surface area (Å²) in [4.78, 5) is 42.1. The van der Waals surface area contributed by atoms with Gasteiger partial charge in [-0.25, -0.2) is 0 Å². The molecule has 0 bridgehead atoms. The number of amides is 3. The monoisotopic (exact) mass is 428 g/mol. The molecule has 1 unspecified atom stereocenters. The maximum absolute atomic E-state index is 12.9. The molecule has 30 heavy (non-hydrogen) atoms. The standard InChI is InChI=1S/C22H25ClN4O3/c1-25(2)21(29)15-8-10-16(11-9-15)24-20(28)14-26(3)19-12-13-27(22(19)30)18-7-5-4-6-17(18)23/h4-11,19H,12-14H2,1-3H3,(H,24,28). The maximum atomic E-state index is 12.9. The van der Waals surface area contributed by atoms with Gasteiger partial charge in [-0.2, -0.15) is 0 Å². The minimum Gasteiger partial charge on any atom is -0.345 e. The number of likely N-dealkylation sites (N-methyl/N-ethyl adjacent to an activating group) is 1. The highest BCUT2D eigenvalue weighted by Crippen LogP contribution is 2.30. The smallest absolute Gasteiger partial charge is 0.253 e. The van der Waals surface area contributed by atoms with E-state index in [4.69, 9.17) is 11.6 Å². The van der Waals surface area contributed by atoms with Crippen LogP contribution in [0.2, 0.25) is 5.02 Å². The Morgan fingerprint density at radius 3 is 2.40 bits per heavy atom. The van der Waals surface area contributed by atoms with Crippen LogP contribution in [0.1, 0.15) is 16.8 Å². The quantitative estimate of drug-likeness (QED) is 0.767. The predicted octanol–water partition coefficient (Wildman–Crippen LogP) is 2.72. The van der Waals surface area contributed by atoms with Crippen molar-refractivity contribution >= 4 is 40.7 Å². The number of rotatable bonds is 6. The van der Waals surface area contributed by atoms with Crippen LogP contribution in [-0.2, 0) is 9.59 Å². The van der Waals surface area contributed by atoms with E-state index in [1.807, 2.05) is 18.2 Å². The van der Waals surface area contributed by atoms with Gasteiger partial charge in [0.05, 0.1) is 23.3 Å². The van der Waals surface area contributed by atoms with E-state index in [9.17, 15) is 14.4 Å². The normalized spacial score (nSPS) is 16.1. The van der Waals surface area contributed by atoms with E-state index >= 15 is 0 Å². The Balaban J connectivity index is 1.57. The largest absolute Gasteiger partial charge is 0.345 e. The highest BCUT2D eigenvalue weighted by Gasteiger charge is 2.36. The van der Waals surface area contributed by atoms with Crippen LogP contribution in [0.4, 0.5) is 11.4 Å². The zero-order chi connectivity index (χ0) is 21.8. The van der Waals surface area contributed by atoms with Gasteiger partial charge in [-0.15, -0.1) is 0 Å². The van der Waals surface area contributed by atoms with Crippen LogP contribution in [-0.4, -0.2) is 67.8 Å². The van der Waals surface area contributed by atoms with Crippen molar-refractivity contribution in [3.8, 4) is 0 Å². The molecule has 0 spiro atoms. The molecule has 7 nitrogen and oxygen atoms in total. The van der Waals surface area contributed by atoms with Gasteiger partial charge in [-0.1, -0.05) is 23.7 Å². The third-order valence-corrected chi connectivity index (χ3v) is 5.39. The molecule has 158 valence electrons. The molecular weight excluding hydrogens is 404 g/mol. The lowest BCUT2D eigenvalue weighted by Gasteiger charge is -2.23. The number of nitrogens with one attached hydrogen (secondary N) is 1. The molecule has 8 heteroatoms. The maximum Gasteiger partial charge on any atom is 0.253 e. The third-order valence-electron chi connectivity index (χ3n) is 5.07. The highest BCUT2D eigenvalue weighted by molar-refractivity contribution is 6.34. The van der Waals surface area contributed by atoms with Gasteiger partial charge in [0.2, 0.25) is 11.8 Å². The molecule has 1 aliphatic heterocycles. The molecule has 3 rings (SSSR count). The SMILES string of the molecule is CN(C)C(=O)c1ccc(NC(=O)CN(C)C2CCN(c3ccccc3Cl)C2=O)cc1. The molecule has 0 saturated carbocycles. The van der Waals surface area contributed by atoms with Crippen LogP contribution in [0.15, 0.2) is 48.5 Å².